The Morgan fingerprint density at radius 2 is 2.04 bits per heavy atom. The third-order valence-electron chi connectivity index (χ3n) is 4.21. The van der Waals surface area contributed by atoms with Gasteiger partial charge in [-0.25, -0.2) is 9.67 Å². The second-order valence-electron chi connectivity index (χ2n) is 6.09. The quantitative estimate of drug-likeness (QED) is 0.731. The van der Waals surface area contributed by atoms with Crippen LogP contribution in [0.5, 0.6) is 0 Å². The van der Waals surface area contributed by atoms with E-state index in [1.54, 1.807) is 24.3 Å². The van der Waals surface area contributed by atoms with E-state index in [4.69, 9.17) is 0 Å². The topological polar surface area (TPSA) is 96.9 Å². The maximum atomic E-state index is 12.4. The standard InChI is InChI=1S/C17H16N4O3S/c22-14(19-17-18-13(9-25-17)10-5-6-10)7-8-21-16(24)12-4-2-1-3-11(12)15(23)20-21/h1-4,9-10H,5-8H2,(H,20,23)(H,18,19,22). The van der Waals surface area contributed by atoms with Gasteiger partial charge >= 0.3 is 0 Å². The summed E-state index contributed by atoms with van der Waals surface area (Å²) in [7, 11) is 0. The average Bonchev–Trinajstić information content (AvgIpc) is 3.37. The molecule has 128 valence electrons. The number of amides is 1. The van der Waals surface area contributed by atoms with Crippen LogP contribution < -0.4 is 16.4 Å². The van der Waals surface area contributed by atoms with Crippen molar-refractivity contribution in [2.75, 3.05) is 5.32 Å². The van der Waals surface area contributed by atoms with Gasteiger partial charge in [0.15, 0.2) is 5.13 Å². The van der Waals surface area contributed by atoms with Crippen molar-refractivity contribution in [2.45, 2.75) is 31.7 Å². The van der Waals surface area contributed by atoms with Crippen LogP contribution in [0.25, 0.3) is 10.8 Å². The van der Waals surface area contributed by atoms with Crippen molar-refractivity contribution in [1.29, 1.82) is 0 Å². The minimum atomic E-state index is -0.343. The summed E-state index contributed by atoms with van der Waals surface area (Å²) in [6.07, 6.45) is 2.40. The number of benzene rings is 1. The van der Waals surface area contributed by atoms with Gasteiger partial charge in [0.25, 0.3) is 11.1 Å². The zero-order chi connectivity index (χ0) is 17.4. The van der Waals surface area contributed by atoms with Crippen LogP contribution in [0.15, 0.2) is 39.2 Å². The zero-order valence-electron chi connectivity index (χ0n) is 13.3. The first-order valence-electron chi connectivity index (χ1n) is 8.09. The Balaban J connectivity index is 1.46. The van der Waals surface area contributed by atoms with E-state index in [0.29, 0.717) is 21.8 Å². The lowest BCUT2D eigenvalue weighted by Gasteiger charge is -2.07. The molecule has 0 bridgehead atoms. The Bertz CT molecular complexity index is 1060. The predicted octanol–water partition coefficient (Wildman–Crippen LogP) is 2.05. The number of fused-ring (bicyclic) bond motifs is 1. The number of rotatable bonds is 5. The summed E-state index contributed by atoms with van der Waals surface area (Å²) in [6.45, 7) is 0.103. The lowest BCUT2D eigenvalue weighted by molar-refractivity contribution is -0.116. The predicted molar refractivity (Wildman–Crippen MR) is 96.2 cm³/mol. The molecule has 4 rings (SSSR count). The minimum absolute atomic E-state index is 0.0759. The SMILES string of the molecule is O=C(CCn1[nH]c(=O)c2ccccc2c1=O)Nc1nc(C2CC2)cs1. The molecule has 1 aromatic carbocycles. The van der Waals surface area contributed by atoms with E-state index in [9.17, 15) is 14.4 Å². The van der Waals surface area contributed by atoms with Crippen LogP contribution >= 0.6 is 11.3 Å². The van der Waals surface area contributed by atoms with Crippen LogP contribution in [0.1, 0.15) is 30.9 Å². The molecule has 1 aliphatic carbocycles. The molecule has 3 aromatic rings. The zero-order valence-corrected chi connectivity index (χ0v) is 14.1. The number of anilines is 1. The van der Waals surface area contributed by atoms with Crippen molar-refractivity contribution in [3.05, 3.63) is 56.0 Å². The molecule has 0 unspecified atom stereocenters. The molecule has 0 saturated heterocycles. The Morgan fingerprint density at radius 3 is 2.80 bits per heavy atom. The van der Waals surface area contributed by atoms with Crippen LogP contribution in [0.3, 0.4) is 0 Å². The third kappa shape index (κ3) is 3.25. The van der Waals surface area contributed by atoms with Gasteiger partial charge in [-0.15, -0.1) is 11.3 Å². The van der Waals surface area contributed by atoms with E-state index in [-0.39, 0.29) is 30.0 Å². The van der Waals surface area contributed by atoms with Crippen LogP contribution in [-0.4, -0.2) is 20.7 Å². The fraction of sp³-hybridized carbons (Fsp3) is 0.294. The third-order valence-corrected chi connectivity index (χ3v) is 4.99. The van der Waals surface area contributed by atoms with Gasteiger partial charge in [0.2, 0.25) is 5.91 Å². The molecule has 2 aromatic heterocycles. The summed E-state index contributed by atoms with van der Waals surface area (Å²) in [6, 6.07) is 6.63. The van der Waals surface area contributed by atoms with Crippen molar-refractivity contribution in [2.24, 2.45) is 0 Å². The first-order chi connectivity index (χ1) is 12.1. The lowest BCUT2D eigenvalue weighted by atomic mass is 10.2. The van der Waals surface area contributed by atoms with Crippen LogP contribution in [0, 0.1) is 0 Å². The summed E-state index contributed by atoms with van der Waals surface area (Å²) in [5.74, 6) is 0.306. The van der Waals surface area contributed by atoms with E-state index in [2.05, 4.69) is 15.4 Å². The number of nitrogens with one attached hydrogen (secondary N) is 2. The normalized spacial score (nSPS) is 13.9. The Labute approximate surface area is 146 Å². The Morgan fingerprint density at radius 1 is 1.28 bits per heavy atom. The van der Waals surface area contributed by atoms with E-state index in [1.807, 2.05) is 5.38 Å². The van der Waals surface area contributed by atoms with Gasteiger partial charge in [-0.1, -0.05) is 12.1 Å². The number of nitrogens with zero attached hydrogens (tertiary/aromatic N) is 2. The van der Waals surface area contributed by atoms with Gasteiger partial charge in [-0.2, -0.15) is 0 Å². The van der Waals surface area contributed by atoms with Crippen LogP contribution in [0.2, 0.25) is 0 Å². The van der Waals surface area contributed by atoms with Gasteiger partial charge in [0.1, 0.15) is 0 Å². The van der Waals surface area contributed by atoms with Crippen molar-refractivity contribution in [3.8, 4) is 0 Å². The summed E-state index contributed by atoms with van der Waals surface area (Å²) in [4.78, 5) is 40.9. The van der Waals surface area contributed by atoms with Gasteiger partial charge < -0.3 is 5.32 Å². The molecule has 1 fully saturated rings. The molecule has 0 spiro atoms. The number of hydrogen-bond donors (Lipinski definition) is 2. The summed E-state index contributed by atoms with van der Waals surface area (Å²) >= 11 is 1.41. The number of aromatic amines is 1. The molecule has 1 saturated carbocycles. The molecule has 2 N–H and O–H groups in total. The number of carbonyl (C=O) groups is 1. The van der Waals surface area contributed by atoms with Gasteiger partial charge in [0, 0.05) is 17.7 Å². The first-order valence-corrected chi connectivity index (χ1v) is 8.97. The number of carbonyl (C=O) groups excluding carboxylic acids is 1. The molecular formula is C17H16N4O3S. The smallest absolute Gasteiger partial charge is 0.273 e. The highest BCUT2D eigenvalue weighted by Crippen LogP contribution is 2.40. The van der Waals surface area contributed by atoms with Crippen molar-refractivity contribution < 1.29 is 4.79 Å². The summed E-state index contributed by atoms with van der Waals surface area (Å²) in [5.41, 5.74) is 0.383. The lowest BCUT2D eigenvalue weighted by Crippen LogP contribution is -2.31. The Kier molecular flexibility index (Phi) is 3.96. The molecule has 0 atom stereocenters. The highest BCUT2D eigenvalue weighted by Gasteiger charge is 2.26. The van der Waals surface area contributed by atoms with E-state index >= 15 is 0 Å². The van der Waals surface area contributed by atoms with E-state index in [1.165, 1.54) is 16.0 Å². The maximum absolute atomic E-state index is 12.4. The van der Waals surface area contributed by atoms with Crippen LogP contribution in [0.4, 0.5) is 5.13 Å². The minimum Gasteiger partial charge on any atom is -0.302 e. The molecule has 1 amide bonds. The molecule has 0 radical (unpaired) electrons. The summed E-state index contributed by atoms with van der Waals surface area (Å²) in [5, 5.41) is 8.51. The van der Waals surface area contributed by atoms with Crippen molar-refractivity contribution >= 4 is 33.1 Å². The highest BCUT2D eigenvalue weighted by molar-refractivity contribution is 7.13. The van der Waals surface area contributed by atoms with Gasteiger partial charge in [0.05, 0.1) is 23.0 Å². The molecule has 2 heterocycles. The van der Waals surface area contributed by atoms with Crippen LogP contribution in [-0.2, 0) is 11.3 Å². The van der Waals surface area contributed by atoms with E-state index < -0.39 is 0 Å². The van der Waals surface area contributed by atoms with Crippen molar-refractivity contribution in [3.63, 3.8) is 0 Å². The maximum Gasteiger partial charge on any atom is 0.273 e. The van der Waals surface area contributed by atoms with Crippen molar-refractivity contribution in [1.82, 2.24) is 14.8 Å². The number of H-pyrrole nitrogens is 1. The highest BCUT2D eigenvalue weighted by atomic mass is 32.1. The molecule has 8 heteroatoms. The molecule has 0 aliphatic heterocycles. The fourth-order valence-electron chi connectivity index (χ4n) is 2.71. The number of aryl methyl sites for hydroxylation is 1. The molecule has 25 heavy (non-hydrogen) atoms. The fourth-order valence-corrected chi connectivity index (χ4v) is 3.52. The average molecular weight is 356 g/mol. The molecular weight excluding hydrogens is 340 g/mol. The number of aromatic nitrogens is 3. The second kappa shape index (κ2) is 6.29. The largest absolute Gasteiger partial charge is 0.302 e. The summed E-state index contributed by atoms with van der Waals surface area (Å²) < 4.78 is 1.18. The van der Waals surface area contributed by atoms with Gasteiger partial charge in [-0.05, 0) is 25.0 Å². The second-order valence-corrected chi connectivity index (χ2v) is 6.95. The monoisotopic (exact) mass is 356 g/mol. The Hall–Kier alpha value is -2.74. The van der Waals surface area contributed by atoms with Gasteiger partial charge in [-0.3, -0.25) is 19.5 Å². The first kappa shape index (κ1) is 15.8. The van der Waals surface area contributed by atoms with E-state index in [0.717, 1.165) is 18.5 Å². The number of thiazole rings is 1. The number of hydrogen-bond acceptors (Lipinski definition) is 5. The molecule has 7 nitrogen and oxygen atoms in total. The molecule has 1 aliphatic rings.